The fourth-order valence-corrected chi connectivity index (χ4v) is 2.50. The van der Waals surface area contributed by atoms with Crippen LogP contribution in [-0.4, -0.2) is 33.8 Å². The molecule has 2 aromatic heterocycles. The van der Waals surface area contributed by atoms with E-state index in [1.165, 1.54) is 0 Å². The van der Waals surface area contributed by atoms with Gasteiger partial charge in [0.25, 0.3) is 0 Å². The average molecular weight is 322 g/mol. The summed E-state index contributed by atoms with van der Waals surface area (Å²) in [6.07, 6.45) is 7.18. The Morgan fingerprint density at radius 2 is 2.00 bits per heavy atom. The molecule has 0 spiro atoms. The van der Waals surface area contributed by atoms with Crippen molar-refractivity contribution in [2.75, 3.05) is 18.4 Å². The molecule has 0 aliphatic carbocycles. The molecule has 0 atom stereocenters. The maximum atomic E-state index is 12.1. The molecule has 1 aliphatic heterocycles. The summed E-state index contributed by atoms with van der Waals surface area (Å²) in [6, 6.07) is 5.74. The van der Waals surface area contributed by atoms with Gasteiger partial charge in [-0.25, -0.2) is 0 Å². The van der Waals surface area contributed by atoms with Crippen molar-refractivity contribution < 1.29 is 4.79 Å². The van der Waals surface area contributed by atoms with Crippen molar-refractivity contribution in [2.45, 2.75) is 19.4 Å². The number of carbonyl (C=O) groups excluding carboxylic acids is 1. The minimum atomic E-state index is 0. The number of pyridine rings is 1. The molecule has 3 rings (SSSR count). The number of halogens is 1. The Hall–Kier alpha value is -1.92. The first-order chi connectivity index (χ1) is 10.3. The molecule has 2 N–H and O–H groups in total. The predicted octanol–water partition coefficient (Wildman–Crippen LogP) is 1.69. The van der Waals surface area contributed by atoms with Crippen LogP contribution in [0.2, 0.25) is 0 Å². The fraction of sp³-hybridized carbons (Fsp3) is 0.400. The smallest absolute Gasteiger partial charge is 0.228 e. The highest BCUT2D eigenvalue weighted by molar-refractivity contribution is 5.91. The predicted molar refractivity (Wildman–Crippen MR) is 87.0 cm³/mol. The molecule has 1 aliphatic rings. The second-order valence-electron chi connectivity index (χ2n) is 5.27. The zero-order chi connectivity index (χ0) is 14.5. The number of rotatable bonds is 4. The lowest BCUT2D eigenvalue weighted by Gasteiger charge is -2.21. The number of hydrogen-bond acceptors (Lipinski definition) is 4. The van der Waals surface area contributed by atoms with Crippen molar-refractivity contribution in [1.82, 2.24) is 20.1 Å². The molecule has 22 heavy (non-hydrogen) atoms. The third kappa shape index (κ3) is 4.29. The molecule has 0 bridgehead atoms. The van der Waals surface area contributed by atoms with Crippen molar-refractivity contribution in [3.8, 4) is 0 Å². The van der Waals surface area contributed by atoms with Gasteiger partial charge in [-0.1, -0.05) is 0 Å². The van der Waals surface area contributed by atoms with Crippen LogP contribution >= 0.6 is 12.4 Å². The van der Waals surface area contributed by atoms with E-state index in [1.54, 1.807) is 12.4 Å². The molecule has 1 saturated heterocycles. The summed E-state index contributed by atoms with van der Waals surface area (Å²) in [7, 11) is 0. The monoisotopic (exact) mass is 321 g/mol. The number of nitrogens with one attached hydrogen (secondary N) is 2. The van der Waals surface area contributed by atoms with Crippen LogP contribution in [0.15, 0.2) is 36.8 Å². The maximum Gasteiger partial charge on any atom is 0.228 e. The zero-order valence-corrected chi connectivity index (χ0v) is 13.1. The number of carbonyl (C=O) groups is 1. The standard InChI is InChI=1S/C15H19N5O.ClH/c21-15(13-3-8-17-9-4-13)18-14-5-10-20(19-14)11-12-1-6-16-7-2-12;/h1-2,5-7,10,13,17H,3-4,8-9,11H2,(H,18,19,21);1H. The van der Waals surface area contributed by atoms with E-state index in [9.17, 15) is 4.79 Å². The first-order valence-electron chi connectivity index (χ1n) is 7.25. The van der Waals surface area contributed by atoms with Crippen LogP contribution in [0.3, 0.4) is 0 Å². The Kier molecular flexibility index (Phi) is 5.91. The molecule has 0 unspecified atom stereocenters. The number of amides is 1. The van der Waals surface area contributed by atoms with Gasteiger partial charge in [-0.2, -0.15) is 5.10 Å². The Bertz CT molecular complexity index is 595. The van der Waals surface area contributed by atoms with Crippen LogP contribution in [-0.2, 0) is 11.3 Å². The number of anilines is 1. The third-order valence-corrected chi connectivity index (χ3v) is 3.70. The van der Waals surface area contributed by atoms with Crippen LogP contribution < -0.4 is 10.6 Å². The van der Waals surface area contributed by atoms with Crippen molar-refractivity contribution in [3.63, 3.8) is 0 Å². The van der Waals surface area contributed by atoms with Crippen LogP contribution in [0, 0.1) is 5.92 Å². The van der Waals surface area contributed by atoms with E-state index in [4.69, 9.17) is 0 Å². The highest BCUT2D eigenvalue weighted by Crippen LogP contribution is 2.14. The highest BCUT2D eigenvalue weighted by Gasteiger charge is 2.21. The molecule has 0 radical (unpaired) electrons. The third-order valence-electron chi connectivity index (χ3n) is 3.70. The van der Waals surface area contributed by atoms with Gasteiger partial charge >= 0.3 is 0 Å². The zero-order valence-electron chi connectivity index (χ0n) is 12.2. The molecule has 2 aromatic rings. The number of aromatic nitrogens is 3. The lowest BCUT2D eigenvalue weighted by molar-refractivity contribution is -0.120. The summed E-state index contributed by atoms with van der Waals surface area (Å²) in [5, 5.41) is 10.6. The second-order valence-corrected chi connectivity index (χ2v) is 5.27. The topological polar surface area (TPSA) is 71.8 Å². The number of hydrogen-bond donors (Lipinski definition) is 2. The van der Waals surface area contributed by atoms with Gasteiger partial charge in [-0.15, -0.1) is 12.4 Å². The Morgan fingerprint density at radius 3 is 2.73 bits per heavy atom. The van der Waals surface area contributed by atoms with E-state index in [2.05, 4.69) is 20.7 Å². The quantitative estimate of drug-likeness (QED) is 0.899. The normalized spacial score (nSPS) is 15.1. The summed E-state index contributed by atoms with van der Waals surface area (Å²) in [6.45, 7) is 2.49. The molecule has 118 valence electrons. The minimum absolute atomic E-state index is 0. The second kappa shape index (κ2) is 7.91. The molecule has 6 nitrogen and oxygen atoms in total. The molecule has 7 heteroatoms. The molecule has 1 amide bonds. The van der Waals surface area contributed by atoms with Gasteiger partial charge in [0.15, 0.2) is 5.82 Å². The largest absolute Gasteiger partial charge is 0.317 e. The van der Waals surface area contributed by atoms with Gasteiger partial charge in [0.05, 0.1) is 6.54 Å². The van der Waals surface area contributed by atoms with E-state index < -0.39 is 0 Å². The summed E-state index contributed by atoms with van der Waals surface area (Å²) in [4.78, 5) is 16.1. The van der Waals surface area contributed by atoms with Crippen molar-refractivity contribution >= 4 is 24.1 Å². The summed E-state index contributed by atoms with van der Waals surface area (Å²) < 4.78 is 1.81. The SMILES string of the molecule is Cl.O=C(Nc1ccn(Cc2ccncc2)n1)C1CCNCC1. The van der Waals surface area contributed by atoms with Crippen LogP contribution in [0.1, 0.15) is 18.4 Å². The van der Waals surface area contributed by atoms with Gasteiger partial charge in [-0.05, 0) is 43.6 Å². The van der Waals surface area contributed by atoms with Crippen molar-refractivity contribution in [2.24, 2.45) is 5.92 Å². The average Bonchev–Trinajstić information content (AvgIpc) is 2.96. The van der Waals surface area contributed by atoms with Gasteiger partial charge in [0, 0.05) is 30.6 Å². The van der Waals surface area contributed by atoms with E-state index in [-0.39, 0.29) is 24.2 Å². The summed E-state index contributed by atoms with van der Waals surface area (Å²) in [5.74, 6) is 0.787. The Morgan fingerprint density at radius 1 is 1.27 bits per heavy atom. The van der Waals surface area contributed by atoms with Gasteiger partial charge in [0.2, 0.25) is 5.91 Å². The van der Waals surface area contributed by atoms with Crippen LogP contribution in [0.25, 0.3) is 0 Å². The van der Waals surface area contributed by atoms with Gasteiger partial charge in [0.1, 0.15) is 0 Å². The molecule has 0 aromatic carbocycles. The summed E-state index contributed by atoms with van der Waals surface area (Å²) in [5.41, 5.74) is 1.13. The molecule has 1 fully saturated rings. The molecular weight excluding hydrogens is 302 g/mol. The highest BCUT2D eigenvalue weighted by atomic mass is 35.5. The maximum absolute atomic E-state index is 12.1. The minimum Gasteiger partial charge on any atom is -0.317 e. The number of piperidine rings is 1. The first-order valence-corrected chi connectivity index (χ1v) is 7.25. The van der Waals surface area contributed by atoms with Crippen molar-refractivity contribution in [3.05, 3.63) is 42.4 Å². The molecular formula is C15H20ClN5O. The Balaban J connectivity index is 0.00000176. The van der Waals surface area contributed by atoms with E-state index in [0.717, 1.165) is 31.5 Å². The van der Waals surface area contributed by atoms with E-state index >= 15 is 0 Å². The lowest BCUT2D eigenvalue weighted by Crippen LogP contribution is -2.34. The summed E-state index contributed by atoms with van der Waals surface area (Å²) >= 11 is 0. The van der Waals surface area contributed by atoms with Crippen LogP contribution in [0.4, 0.5) is 5.82 Å². The van der Waals surface area contributed by atoms with E-state index in [1.807, 2.05) is 29.1 Å². The fourth-order valence-electron chi connectivity index (χ4n) is 2.50. The van der Waals surface area contributed by atoms with E-state index in [0.29, 0.717) is 12.4 Å². The van der Waals surface area contributed by atoms with Crippen LogP contribution in [0.5, 0.6) is 0 Å². The van der Waals surface area contributed by atoms with Gasteiger partial charge in [-0.3, -0.25) is 14.5 Å². The number of nitrogens with zero attached hydrogens (tertiary/aromatic N) is 3. The lowest BCUT2D eigenvalue weighted by atomic mass is 9.97. The molecule has 0 saturated carbocycles. The molecule has 3 heterocycles. The first kappa shape index (κ1) is 16.5. The Labute approximate surface area is 135 Å². The van der Waals surface area contributed by atoms with Crippen molar-refractivity contribution in [1.29, 1.82) is 0 Å². The van der Waals surface area contributed by atoms with Gasteiger partial charge < -0.3 is 10.6 Å².